The molecule has 4 rings (SSSR count). The van der Waals surface area contributed by atoms with Crippen molar-refractivity contribution >= 4 is 22.9 Å². The Labute approximate surface area is 122 Å². The van der Waals surface area contributed by atoms with Crippen LogP contribution in [0.5, 0.6) is 0 Å². The van der Waals surface area contributed by atoms with E-state index in [-0.39, 0.29) is 6.23 Å². The summed E-state index contributed by atoms with van der Waals surface area (Å²) in [6.07, 6.45) is 7.89. The van der Waals surface area contributed by atoms with E-state index >= 15 is 0 Å². The molecule has 106 valence electrons. The lowest BCUT2D eigenvalue weighted by Crippen LogP contribution is -2.15. The maximum atomic E-state index is 5.89. The van der Waals surface area contributed by atoms with Gasteiger partial charge in [0.25, 0.3) is 0 Å². The van der Waals surface area contributed by atoms with Gasteiger partial charge in [-0.25, -0.2) is 9.97 Å². The molecule has 2 atom stereocenters. The Morgan fingerprint density at radius 2 is 2.35 bits per heavy atom. The summed E-state index contributed by atoms with van der Waals surface area (Å²) in [5, 5.41) is 0.715. The van der Waals surface area contributed by atoms with Gasteiger partial charge in [-0.05, 0) is 43.6 Å². The number of imidazole rings is 1. The monoisotopic (exact) mass is 289 g/mol. The predicted molar refractivity (Wildman–Crippen MR) is 80.9 cm³/mol. The van der Waals surface area contributed by atoms with Gasteiger partial charge in [-0.2, -0.15) is 11.8 Å². The highest BCUT2D eigenvalue weighted by molar-refractivity contribution is 8.00. The Kier molecular flexibility index (Phi) is 3.40. The van der Waals surface area contributed by atoms with Gasteiger partial charge < -0.3 is 4.74 Å². The molecule has 0 bridgehead atoms. The van der Waals surface area contributed by atoms with Crippen molar-refractivity contribution in [3.63, 3.8) is 0 Å². The molecule has 5 heteroatoms. The number of nitrogens with zero attached hydrogens (tertiary/aromatic N) is 3. The summed E-state index contributed by atoms with van der Waals surface area (Å²) in [6, 6.07) is 4.02. The Morgan fingerprint density at radius 1 is 1.35 bits per heavy atom. The van der Waals surface area contributed by atoms with Crippen molar-refractivity contribution in [2.24, 2.45) is 0 Å². The zero-order valence-corrected chi connectivity index (χ0v) is 12.3. The van der Waals surface area contributed by atoms with Gasteiger partial charge in [-0.3, -0.25) is 4.57 Å². The lowest BCUT2D eigenvalue weighted by Gasteiger charge is -2.16. The molecule has 0 aromatic carbocycles. The minimum Gasteiger partial charge on any atom is -0.358 e. The highest BCUT2D eigenvalue weighted by atomic mass is 32.2. The molecule has 2 aromatic rings. The number of aromatic nitrogens is 3. The Morgan fingerprint density at radius 3 is 3.15 bits per heavy atom. The van der Waals surface area contributed by atoms with E-state index in [2.05, 4.69) is 27.4 Å². The number of pyridine rings is 1. The molecule has 0 radical (unpaired) electrons. The van der Waals surface area contributed by atoms with E-state index in [1.165, 1.54) is 18.6 Å². The van der Waals surface area contributed by atoms with Crippen molar-refractivity contribution in [3.05, 3.63) is 24.2 Å². The van der Waals surface area contributed by atoms with Crippen LogP contribution in [0.3, 0.4) is 0 Å². The predicted octanol–water partition coefficient (Wildman–Crippen LogP) is 3.18. The maximum Gasteiger partial charge on any atom is 0.162 e. The fourth-order valence-corrected chi connectivity index (χ4v) is 4.46. The van der Waals surface area contributed by atoms with E-state index in [1.54, 1.807) is 0 Å². The number of ether oxygens (including phenoxy) is 1. The molecule has 20 heavy (non-hydrogen) atoms. The van der Waals surface area contributed by atoms with Gasteiger partial charge in [0.1, 0.15) is 17.6 Å². The van der Waals surface area contributed by atoms with Crippen molar-refractivity contribution < 1.29 is 4.74 Å². The molecular weight excluding hydrogens is 270 g/mol. The van der Waals surface area contributed by atoms with E-state index in [0.717, 1.165) is 42.9 Å². The molecule has 2 saturated heterocycles. The smallest absolute Gasteiger partial charge is 0.162 e. The first-order valence-electron chi connectivity index (χ1n) is 7.47. The fraction of sp³-hybridized carbons (Fsp3) is 0.600. The second-order valence-electron chi connectivity index (χ2n) is 5.55. The molecule has 2 unspecified atom stereocenters. The first-order chi connectivity index (χ1) is 9.92. The third-order valence-electron chi connectivity index (χ3n) is 4.15. The summed E-state index contributed by atoms with van der Waals surface area (Å²) < 4.78 is 8.14. The standard InChI is InChI=1S/C15H19N3OS/c1-5-12-15(16-7-1)18(14-6-2-8-19-14)13(17-12)10-11-4-3-9-20-11/h1,5,7,11,14H,2-4,6,8-10H2. The quantitative estimate of drug-likeness (QED) is 0.870. The number of fused-ring (bicyclic) bond motifs is 1. The van der Waals surface area contributed by atoms with E-state index < -0.39 is 0 Å². The van der Waals surface area contributed by atoms with E-state index in [9.17, 15) is 0 Å². The van der Waals surface area contributed by atoms with E-state index in [4.69, 9.17) is 9.72 Å². The molecule has 2 fully saturated rings. The number of thioether (sulfide) groups is 1. The molecule has 0 saturated carbocycles. The summed E-state index contributed by atoms with van der Waals surface area (Å²) in [4.78, 5) is 9.36. The molecule has 4 nitrogen and oxygen atoms in total. The summed E-state index contributed by atoms with van der Waals surface area (Å²) in [6.45, 7) is 0.856. The minimum absolute atomic E-state index is 0.135. The summed E-state index contributed by atoms with van der Waals surface area (Å²) in [7, 11) is 0. The topological polar surface area (TPSA) is 39.9 Å². The zero-order chi connectivity index (χ0) is 13.4. The molecule has 0 amide bonds. The van der Waals surface area contributed by atoms with Crippen LogP contribution in [0.1, 0.15) is 37.7 Å². The fourth-order valence-electron chi connectivity index (χ4n) is 3.20. The normalized spacial score (nSPS) is 26.6. The van der Waals surface area contributed by atoms with Crippen LogP contribution in [-0.2, 0) is 11.2 Å². The summed E-state index contributed by atoms with van der Waals surface area (Å²) in [5.41, 5.74) is 1.98. The molecule has 2 aliphatic heterocycles. The average Bonchev–Trinajstić information content (AvgIpc) is 3.18. The SMILES string of the molecule is c1cnc2c(c1)nc(CC1CCCS1)n2C1CCCO1. The molecule has 2 aromatic heterocycles. The molecule has 2 aliphatic rings. The van der Waals surface area contributed by atoms with Crippen LogP contribution in [0, 0.1) is 0 Å². The van der Waals surface area contributed by atoms with Crippen LogP contribution in [0.25, 0.3) is 11.2 Å². The van der Waals surface area contributed by atoms with Gasteiger partial charge in [0.05, 0.1) is 0 Å². The maximum absolute atomic E-state index is 5.89. The van der Waals surface area contributed by atoms with Crippen molar-refractivity contribution in [3.8, 4) is 0 Å². The second-order valence-corrected chi connectivity index (χ2v) is 6.96. The van der Waals surface area contributed by atoms with Crippen LogP contribution in [-0.4, -0.2) is 32.1 Å². The Hall–Kier alpha value is -1.07. The van der Waals surface area contributed by atoms with Crippen LogP contribution in [0.4, 0.5) is 0 Å². The summed E-state index contributed by atoms with van der Waals surface area (Å²) >= 11 is 2.08. The van der Waals surface area contributed by atoms with Crippen molar-refractivity contribution in [1.82, 2.24) is 14.5 Å². The lowest BCUT2D eigenvalue weighted by atomic mass is 10.2. The Balaban J connectivity index is 1.74. The third-order valence-corrected chi connectivity index (χ3v) is 5.55. The highest BCUT2D eigenvalue weighted by Gasteiger charge is 2.26. The third kappa shape index (κ3) is 2.23. The van der Waals surface area contributed by atoms with E-state index in [1.807, 2.05) is 12.3 Å². The zero-order valence-electron chi connectivity index (χ0n) is 11.5. The number of hydrogen-bond donors (Lipinski definition) is 0. The van der Waals surface area contributed by atoms with Gasteiger partial charge in [0, 0.05) is 24.5 Å². The van der Waals surface area contributed by atoms with Crippen molar-refractivity contribution in [2.45, 2.75) is 43.6 Å². The van der Waals surface area contributed by atoms with Crippen molar-refractivity contribution in [2.75, 3.05) is 12.4 Å². The number of rotatable bonds is 3. The highest BCUT2D eigenvalue weighted by Crippen LogP contribution is 2.33. The van der Waals surface area contributed by atoms with Crippen LogP contribution in [0.15, 0.2) is 18.3 Å². The molecule has 0 aliphatic carbocycles. The summed E-state index contributed by atoms with van der Waals surface area (Å²) in [5.74, 6) is 2.45. The van der Waals surface area contributed by atoms with Crippen molar-refractivity contribution in [1.29, 1.82) is 0 Å². The van der Waals surface area contributed by atoms with Crippen LogP contribution >= 0.6 is 11.8 Å². The second kappa shape index (κ2) is 5.37. The minimum atomic E-state index is 0.135. The van der Waals surface area contributed by atoms with Gasteiger partial charge in [0.2, 0.25) is 0 Å². The molecule has 0 N–H and O–H groups in total. The first-order valence-corrected chi connectivity index (χ1v) is 8.52. The number of hydrogen-bond acceptors (Lipinski definition) is 4. The van der Waals surface area contributed by atoms with Gasteiger partial charge in [-0.15, -0.1) is 0 Å². The molecule has 0 spiro atoms. The molecule has 4 heterocycles. The van der Waals surface area contributed by atoms with E-state index in [0.29, 0.717) is 5.25 Å². The van der Waals surface area contributed by atoms with Gasteiger partial charge in [-0.1, -0.05) is 0 Å². The van der Waals surface area contributed by atoms with Gasteiger partial charge >= 0.3 is 0 Å². The Bertz CT molecular complexity index is 600. The first kappa shape index (κ1) is 12.7. The molecular formula is C15H19N3OS. The van der Waals surface area contributed by atoms with Gasteiger partial charge in [0.15, 0.2) is 5.65 Å². The average molecular weight is 289 g/mol. The van der Waals surface area contributed by atoms with Crippen LogP contribution in [0.2, 0.25) is 0 Å². The largest absolute Gasteiger partial charge is 0.358 e. The van der Waals surface area contributed by atoms with Crippen LogP contribution < -0.4 is 0 Å². The lowest BCUT2D eigenvalue weighted by molar-refractivity contribution is 0.0571.